The summed E-state index contributed by atoms with van der Waals surface area (Å²) in [4.78, 5) is 50.4. The second kappa shape index (κ2) is 34.6. The number of quaternary nitrogens is 1. The van der Waals surface area contributed by atoms with Crippen molar-refractivity contribution < 1.29 is 46.8 Å². The number of hydrogen-bond acceptors (Lipinski definition) is 10. The zero-order chi connectivity index (χ0) is 46.9. The van der Waals surface area contributed by atoms with Gasteiger partial charge in [0.25, 0.3) is 7.82 Å². The van der Waals surface area contributed by atoms with Crippen LogP contribution in [0.25, 0.3) is 0 Å². The van der Waals surface area contributed by atoms with Crippen LogP contribution in [0, 0.1) is 0 Å². The van der Waals surface area contributed by atoms with Crippen LogP contribution in [0.1, 0.15) is 160 Å². The molecule has 12 nitrogen and oxygen atoms in total. The molecule has 2 atom stereocenters. The minimum absolute atomic E-state index is 0.0596. The summed E-state index contributed by atoms with van der Waals surface area (Å²) in [6.07, 6.45) is 23.0. The van der Waals surface area contributed by atoms with Gasteiger partial charge in [0.05, 0.1) is 49.9 Å². The lowest BCUT2D eigenvalue weighted by Crippen LogP contribution is -2.37. The molecule has 2 N–H and O–H groups in total. The van der Waals surface area contributed by atoms with Gasteiger partial charge in [0.15, 0.2) is 6.10 Å². The zero-order valence-corrected chi connectivity index (χ0v) is 41.9. The van der Waals surface area contributed by atoms with Gasteiger partial charge >= 0.3 is 11.9 Å². The molecule has 2 aromatic carbocycles. The molecule has 0 aliphatic rings. The van der Waals surface area contributed by atoms with Crippen molar-refractivity contribution in [3.63, 3.8) is 0 Å². The Kier molecular flexibility index (Phi) is 31.0. The predicted molar refractivity (Wildman–Crippen MR) is 258 cm³/mol. The third-order valence-corrected chi connectivity index (χ3v) is 12.4. The van der Waals surface area contributed by atoms with Crippen molar-refractivity contribution in [1.29, 1.82) is 0 Å². The Hall–Kier alpha value is -2.70. The average Bonchev–Trinajstić information content (AvgIpc) is 3.23. The van der Waals surface area contributed by atoms with Crippen molar-refractivity contribution in [1.82, 2.24) is 5.32 Å². The van der Waals surface area contributed by atoms with Gasteiger partial charge in [-0.05, 0) is 49.1 Å². The number of anilines is 2. The SMILES string of the molecule is CCCCCCCCCCCCCCCCCC(=O)OCC(COP(=O)([O-])OCC[N+](C)(C)C)OC(=O)CCCCCCCCNC(=O)Cc1cccc(Nc2c(Cl)cccc2Cl)c1. The van der Waals surface area contributed by atoms with E-state index < -0.39 is 32.5 Å². The van der Waals surface area contributed by atoms with E-state index in [2.05, 4.69) is 17.6 Å². The van der Waals surface area contributed by atoms with Gasteiger partial charge in [0.1, 0.15) is 19.8 Å². The molecule has 364 valence electrons. The summed E-state index contributed by atoms with van der Waals surface area (Å²) in [5, 5.41) is 7.23. The molecule has 64 heavy (non-hydrogen) atoms. The molecule has 0 aliphatic carbocycles. The van der Waals surface area contributed by atoms with E-state index in [0.717, 1.165) is 62.6 Å². The van der Waals surface area contributed by atoms with E-state index in [-0.39, 0.29) is 38.4 Å². The van der Waals surface area contributed by atoms with E-state index >= 15 is 0 Å². The minimum atomic E-state index is -4.67. The lowest BCUT2D eigenvalue weighted by Gasteiger charge is -2.28. The number of phosphoric acid groups is 1. The number of nitrogens with one attached hydrogen (secondary N) is 2. The Morgan fingerprint density at radius 2 is 1.20 bits per heavy atom. The van der Waals surface area contributed by atoms with Crippen LogP contribution >= 0.6 is 31.0 Å². The molecule has 0 aliphatic heterocycles. The number of benzene rings is 2. The maximum Gasteiger partial charge on any atom is 0.306 e. The van der Waals surface area contributed by atoms with Crippen LogP contribution in [0.5, 0.6) is 0 Å². The fourth-order valence-corrected chi connectivity index (χ4v) is 8.22. The number of phosphoric ester groups is 1. The van der Waals surface area contributed by atoms with Gasteiger partial charge in [-0.3, -0.25) is 18.9 Å². The number of carbonyl (C=O) groups excluding carboxylic acids is 3. The summed E-state index contributed by atoms with van der Waals surface area (Å²) in [7, 11) is 1.06. The summed E-state index contributed by atoms with van der Waals surface area (Å²) in [5.74, 6) is -0.995. The topological polar surface area (TPSA) is 152 Å². The molecule has 0 radical (unpaired) electrons. The van der Waals surface area contributed by atoms with Crippen LogP contribution < -0.4 is 15.5 Å². The summed E-state index contributed by atoms with van der Waals surface area (Å²) >= 11 is 12.6. The maximum atomic E-state index is 12.8. The Balaban J connectivity index is 1.63. The van der Waals surface area contributed by atoms with Gasteiger partial charge in [0.2, 0.25) is 5.91 Å². The van der Waals surface area contributed by atoms with Crippen molar-refractivity contribution in [3.05, 3.63) is 58.1 Å². The van der Waals surface area contributed by atoms with Gasteiger partial charge in [-0.2, -0.15) is 0 Å². The van der Waals surface area contributed by atoms with Crippen LogP contribution in [0.4, 0.5) is 11.4 Å². The summed E-state index contributed by atoms with van der Waals surface area (Å²) in [6.45, 7) is 2.39. The van der Waals surface area contributed by atoms with Crippen molar-refractivity contribution in [3.8, 4) is 0 Å². The molecule has 0 bridgehead atoms. The standard InChI is InChI=1S/C49H80Cl2N3O9P/c1-5-6-7-8-9-10-11-12-13-14-15-16-17-20-23-32-47(56)60-39-43(40-62-64(58,59)61-36-35-54(2,3)4)63-48(57)33-24-21-18-19-22-25-34-52-46(55)38-41-28-26-29-42(37-41)53-49-44(50)30-27-31-45(49)51/h26-31,37,43,53H,5-25,32-36,38-40H2,1-4H3,(H-,52,55,58,59). The highest BCUT2D eigenvalue weighted by molar-refractivity contribution is 7.45. The van der Waals surface area contributed by atoms with Gasteiger partial charge in [-0.1, -0.05) is 164 Å². The highest BCUT2D eigenvalue weighted by atomic mass is 35.5. The van der Waals surface area contributed by atoms with Gasteiger partial charge < -0.3 is 38.5 Å². The van der Waals surface area contributed by atoms with Crippen LogP contribution in [0.2, 0.25) is 10.0 Å². The highest BCUT2D eigenvalue weighted by Crippen LogP contribution is 2.38. The molecule has 2 rings (SSSR count). The monoisotopic (exact) mass is 956 g/mol. The quantitative estimate of drug-likeness (QED) is 0.0287. The number of ether oxygens (including phenoxy) is 2. The highest BCUT2D eigenvalue weighted by Gasteiger charge is 2.22. The lowest BCUT2D eigenvalue weighted by atomic mass is 10.0. The largest absolute Gasteiger partial charge is 0.756 e. The fourth-order valence-electron chi connectivity index (χ4n) is 7.00. The van der Waals surface area contributed by atoms with Crippen molar-refractivity contribution in [2.45, 2.75) is 167 Å². The normalized spacial score (nSPS) is 13.0. The van der Waals surface area contributed by atoms with E-state index in [9.17, 15) is 23.8 Å². The molecule has 0 fully saturated rings. The smallest absolute Gasteiger partial charge is 0.306 e. The lowest BCUT2D eigenvalue weighted by molar-refractivity contribution is -0.870. The molecule has 0 spiro atoms. The van der Waals surface area contributed by atoms with Crippen molar-refractivity contribution in [2.75, 3.05) is 59.4 Å². The summed E-state index contributed by atoms with van der Waals surface area (Å²) in [6, 6.07) is 12.9. The van der Waals surface area contributed by atoms with E-state index in [1.807, 2.05) is 45.4 Å². The molecule has 0 saturated carbocycles. The number of nitrogens with zero attached hydrogens (tertiary/aromatic N) is 1. The van der Waals surface area contributed by atoms with Gasteiger partial charge in [-0.25, -0.2) is 0 Å². The van der Waals surface area contributed by atoms with Crippen LogP contribution in [0.3, 0.4) is 0 Å². The van der Waals surface area contributed by atoms with E-state index in [1.165, 1.54) is 70.6 Å². The average molecular weight is 957 g/mol. The molecule has 0 aromatic heterocycles. The number of amides is 1. The molecule has 1 amide bonds. The van der Waals surface area contributed by atoms with Crippen molar-refractivity contribution >= 4 is 60.2 Å². The van der Waals surface area contributed by atoms with Crippen LogP contribution in [0.15, 0.2) is 42.5 Å². The third-order valence-electron chi connectivity index (χ3n) is 10.8. The van der Waals surface area contributed by atoms with E-state index in [1.54, 1.807) is 18.2 Å². The first kappa shape index (κ1) is 57.4. The van der Waals surface area contributed by atoms with E-state index in [4.69, 9.17) is 41.7 Å². The number of likely N-dealkylation sites (N-methyl/N-ethyl adjacent to an activating group) is 1. The zero-order valence-electron chi connectivity index (χ0n) is 39.4. The second-order valence-electron chi connectivity index (χ2n) is 17.9. The first-order valence-corrected chi connectivity index (χ1v) is 26.2. The number of carbonyl (C=O) groups is 3. The first-order chi connectivity index (χ1) is 30.7. The molecule has 15 heteroatoms. The van der Waals surface area contributed by atoms with Gasteiger partial charge in [-0.15, -0.1) is 0 Å². The van der Waals surface area contributed by atoms with E-state index in [0.29, 0.717) is 46.1 Å². The fraction of sp³-hybridized carbons (Fsp3) is 0.694. The number of rotatable bonds is 39. The molecule has 0 heterocycles. The molecule has 0 saturated heterocycles. The summed E-state index contributed by atoms with van der Waals surface area (Å²) in [5.41, 5.74) is 2.26. The third kappa shape index (κ3) is 30.5. The number of unbranched alkanes of at least 4 members (excludes halogenated alkanes) is 19. The minimum Gasteiger partial charge on any atom is -0.756 e. The van der Waals surface area contributed by atoms with Crippen molar-refractivity contribution in [2.24, 2.45) is 0 Å². The maximum absolute atomic E-state index is 12.8. The first-order valence-electron chi connectivity index (χ1n) is 24.0. The summed E-state index contributed by atoms with van der Waals surface area (Å²) < 4.78 is 34.0. The Morgan fingerprint density at radius 3 is 1.77 bits per heavy atom. The molecular formula is C49H80Cl2N3O9P. The Bertz CT molecular complexity index is 1620. The molecule has 2 aromatic rings. The molecular weight excluding hydrogens is 876 g/mol. The number of para-hydroxylation sites is 1. The van der Waals surface area contributed by atoms with Crippen LogP contribution in [-0.4, -0.2) is 82.5 Å². The molecule has 2 unspecified atom stereocenters. The number of hydrogen-bond donors (Lipinski definition) is 2. The van der Waals surface area contributed by atoms with Gasteiger partial charge in [0, 0.05) is 25.1 Å². The predicted octanol–water partition coefficient (Wildman–Crippen LogP) is 12.1. The Morgan fingerprint density at radius 1 is 0.688 bits per heavy atom. The second-order valence-corrected chi connectivity index (χ2v) is 20.1. The number of halogens is 2. The van der Waals surface area contributed by atoms with Crippen LogP contribution in [-0.2, 0) is 43.9 Å². The Labute approximate surface area is 395 Å². The number of esters is 2.